The molecule has 0 saturated carbocycles. The maximum atomic E-state index is 9.12. The molecule has 0 rings (SSSR count). The number of aliphatic hydroxyl groups is 1. The Balaban J connectivity index is 3.59. The third kappa shape index (κ3) is 6.66. The van der Waals surface area contributed by atoms with Gasteiger partial charge in [0, 0.05) is 6.61 Å². The van der Waals surface area contributed by atoms with Crippen LogP contribution < -0.4 is 0 Å². The van der Waals surface area contributed by atoms with Gasteiger partial charge in [-0.05, 0) is 37.9 Å². The van der Waals surface area contributed by atoms with Crippen LogP contribution in [0.2, 0.25) is 18.1 Å². The Morgan fingerprint density at radius 1 is 1.12 bits per heavy atom. The van der Waals surface area contributed by atoms with E-state index in [0.717, 1.165) is 25.9 Å². The lowest BCUT2D eigenvalue weighted by Gasteiger charge is -2.36. The molecule has 1 N–H and O–H groups in total. The van der Waals surface area contributed by atoms with Gasteiger partial charge >= 0.3 is 0 Å². The van der Waals surface area contributed by atoms with Crippen LogP contribution in [0.5, 0.6) is 0 Å². The number of rotatable bonds is 7. The smallest absolute Gasteiger partial charge is 0.191 e. The van der Waals surface area contributed by atoms with Crippen molar-refractivity contribution in [2.45, 2.75) is 77.6 Å². The summed E-state index contributed by atoms with van der Waals surface area (Å²) in [4.78, 5) is 0. The monoisotopic (exact) mass is 246 g/mol. The maximum Gasteiger partial charge on any atom is 0.191 e. The van der Waals surface area contributed by atoms with E-state index in [-0.39, 0.29) is 6.10 Å². The minimum absolute atomic E-state index is 0.152. The van der Waals surface area contributed by atoms with E-state index < -0.39 is 8.32 Å². The summed E-state index contributed by atoms with van der Waals surface area (Å²) in [5, 5.41) is 9.43. The van der Waals surface area contributed by atoms with Crippen molar-refractivity contribution >= 4 is 8.32 Å². The minimum atomic E-state index is -1.54. The Hall–Kier alpha value is 0.137. The van der Waals surface area contributed by atoms with Gasteiger partial charge in [0.1, 0.15) is 0 Å². The second-order valence-corrected chi connectivity index (χ2v) is 11.1. The highest BCUT2D eigenvalue weighted by Gasteiger charge is 2.36. The molecule has 98 valence electrons. The molecule has 0 aliphatic rings. The highest BCUT2D eigenvalue weighted by atomic mass is 28.4. The summed E-state index contributed by atoms with van der Waals surface area (Å²) in [6.45, 7) is 14.1. The van der Waals surface area contributed by atoms with Crippen LogP contribution in [0.4, 0.5) is 0 Å². The Morgan fingerprint density at radius 2 is 1.69 bits per heavy atom. The number of hydrogen-bond donors (Lipinski definition) is 1. The van der Waals surface area contributed by atoms with Crippen molar-refractivity contribution in [2.75, 3.05) is 6.61 Å². The predicted molar refractivity (Wildman–Crippen MR) is 73.3 cm³/mol. The molecule has 0 aromatic heterocycles. The lowest BCUT2D eigenvalue weighted by Crippen LogP contribution is -2.40. The minimum Gasteiger partial charge on any atom is -0.417 e. The third-order valence-electron chi connectivity index (χ3n) is 3.54. The molecule has 0 amide bonds. The van der Waals surface area contributed by atoms with Gasteiger partial charge in [0.25, 0.3) is 0 Å². The number of unbranched alkanes of at least 4 members (excludes halogenated alkanes) is 2. The number of hydrogen-bond acceptors (Lipinski definition) is 2. The van der Waals surface area contributed by atoms with Gasteiger partial charge in [-0.1, -0.05) is 33.6 Å². The molecule has 0 aromatic carbocycles. The van der Waals surface area contributed by atoms with E-state index in [0.29, 0.717) is 5.04 Å². The van der Waals surface area contributed by atoms with E-state index in [1.165, 1.54) is 6.42 Å². The first-order chi connectivity index (χ1) is 7.17. The molecular formula is C13H30O2Si. The zero-order valence-corrected chi connectivity index (χ0v) is 13.0. The highest BCUT2D eigenvalue weighted by Crippen LogP contribution is 2.36. The second kappa shape index (κ2) is 6.77. The van der Waals surface area contributed by atoms with Gasteiger partial charge in [-0.2, -0.15) is 0 Å². The molecular weight excluding hydrogens is 216 g/mol. The van der Waals surface area contributed by atoms with Gasteiger partial charge in [0.05, 0.1) is 6.10 Å². The molecule has 0 aliphatic carbocycles. The van der Waals surface area contributed by atoms with E-state index in [9.17, 15) is 0 Å². The van der Waals surface area contributed by atoms with E-state index in [4.69, 9.17) is 9.53 Å². The third-order valence-corrected chi connectivity index (χ3v) is 8.07. The maximum absolute atomic E-state index is 9.12. The quantitative estimate of drug-likeness (QED) is 0.544. The van der Waals surface area contributed by atoms with Crippen LogP contribution >= 0.6 is 0 Å². The van der Waals surface area contributed by atoms with E-state index in [1.807, 2.05) is 6.92 Å². The topological polar surface area (TPSA) is 29.5 Å². The first kappa shape index (κ1) is 16.1. The predicted octanol–water partition coefficient (Wildman–Crippen LogP) is 3.95. The molecule has 0 aromatic rings. The molecule has 0 unspecified atom stereocenters. The van der Waals surface area contributed by atoms with Crippen LogP contribution in [0.25, 0.3) is 0 Å². The fourth-order valence-electron chi connectivity index (χ4n) is 1.26. The Bertz CT molecular complexity index is 183. The van der Waals surface area contributed by atoms with Crippen molar-refractivity contribution in [2.24, 2.45) is 0 Å². The molecule has 2 nitrogen and oxygen atoms in total. The van der Waals surface area contributed by atoms with Crippen LogP contribution in [0.1, 0.15) is 53.4 Å². The van der Waals surface area contributed by atoms with E-state index in [2.05, 4.69) is 33.9 Å². The molecule has 16 heavy (non-hydrogen) atoms. The van der Waals surface area contributed by atoms with Gasteiger partial charge in [-0.3, -0.25) is 0 Å². The summed E-state index contributed by atoms with van der Waals surface area (Å²) in [5.41, 5.74) is 0. The van der Waals surface area contributed by atoms with Gasteiger partial charge in [0.15, 0.2) is 8.32 Å². The molecule has 0 bridgehead atoms. The molecule has 0 saturated heterocycles. The Kier molecular flexibility index (Phi) is 6.83. The normalized spacial score (nSPS) is 15.2. The molecule has 0 radical (unpaired) electrons. The summed E-state index contributed by atoms with van der Waals surface area (Å²) in [6, 6.07) is 0. The SMILES string of the molecule is C[C@@H](O)CCCCCO[Si](C)(C)C(C)(C)C. The second-order valence-electron chi connectivity index (χ2n) is 6.31. The fourth-order valence-corrected chi connectivity index (χ4v) is 2.35. The highest BCUT2D eigenvalue weighted by molar-refractivity contribution is 6.74. The summed E-state index contributed by atoms with van der Waals surface area (Å²) in [6.07, 6.45) is 4.17. The summed E-state index contributed by atoms with van der Waals surface area (Å²) in [7, 11) is -1.54. The van der Waals surface area contributed by atoms with Gasteiger partial charge in [0.2, 0.25) is 0 Å². The van der Waals surface area contributed by atoms with Crippen molar-refractivity contribution in [1.82, 2.24) is 0 Å². The van der Waals surface area contributed by atoms with Crippen molar-refractivity contribution in [3.8, 4) is 0 Å². The first-order valence-electron chi connectivity index (χ1n) is 6.49. The van der Waals surface area contributed by atoms with Crippen molar-refractivity contribution in [3.05, 3.63) is 0 Å². The van der Waals surface area contributed by atoms with Gasteiger partial charge in [-0.15, -0.1) is 0 Å². The van der Waals surface area contributed by atoms with Crippen LogP contribution in [-0.4, -0.2) is 26.1 Å². The van der Waals surface area contributed by atoms with Crippen LogP contribution in [0.15, 0.2) is 0 Å². The average Bonchev–Trinajstić information content (AvgIpc) is 2.08. The molecule has 0 fully saturated rings. The fraction of sp³-hybridized carbons (Fsp3) is 1.00. The van der Waals surface area contributed by atoms with Crippen molar-refractivity contribution in [3.63, 3.8) is 0 Å². The Morgan fingerprint density at radius 3 is 2.12 bits per heavy atom. The van der Waals surface area contributed by atoms with Gasteiger partial charge in [-0.25, -0.2) is 0 Å². The van der Waals surface area contributed by atoms with Crippen LogP contribution in [0.3, 0.4) is 0 Å². The standard InChI is InChI=1S/C13H30O2Si/c1-12(14)10-8-7-9-11-15-16(5,6)13(2,3)4/h12,14H,7-11H2,1-6H3/t12-/m1/s1. The first-order valence-corrected chi connectivity index (χ1v) is 9.39. The molecule has 0 spiro atoms. The van der Waals surface area contributed by atoms with Crippen LogP contribution in [-0.2, 0) is 4.43 Å². The average molecular weight is 246 g/mol. The lowest BCUT2D eigenvalue weighted by molar-refractivity contribution is 0.178. The van der Waals surface area contributed by atoms with Crippen molar-refractivity contribution in [1.29, 1.82) is 0 Å². The summed E-state index contributed by atoms with van der Waals surface area (Å²) < 4.78 is 6.08. The largest absolute Gasteiger partial charge is 0.417 e. The summed E-state index contributed by atoms with van der Waals surface area (Å²) >= 11 is 0. The summed E-state index contributed by atoms with van der Waals surface area (Å²) in [5.74, 6) is 0. The molecule has 0 aliphatic heterocycles. The Labute approximate surface area is 103 Å². The number of aliphatic hydroxyl groups excluding tert-OH is 1. The molecule has 3 heteroatoms. The van der Waals surface area contributed by atoms with Crippen LogP contribution in [0, 0.1) is 0 Å². The lowest BCUT2D eigenvalue weighted by atomic mass is 10.1. The zero-order valence-electron chi connectivity index (χ0n) is 12.0. The molecule has 0 heterocycles. The van der Waals surface area contributed by atoms with Gasteiger partial charge < -0.3 is 9.53 Å². The van der Waals surface area contributed by atoms with Crippen molar-refractivity contribution < 1.29 is 9.53 Å². The van der Waals surface area contributed by atoms with E-state index in [1.54, 1.807) is 0 Å². The van der Waals surface area contributed by atoms with E-state index >= 15 is 0 Å². The zero-order chi connectivity index (χ0) is 12.8. The molecule has 1 atom stereocenters.